The maximum absolute atomic E-state index is 5.39. The molecule has 1 N–H and O–H groups in total. The molecule has 4 heteroatoms. The molecule has 1 aliphatic rings. The Hall–Kier alpha value is -0.840. The average molecular weight is 280 g/mol. The van der Waals surface area contributed by atoms with Crippen molar-refractivity contribution in [2.24, 2.45) is 0 Å². The van der Waals surface area contributed by atoms with Crippen molar-refractivity contribution >= 4 is 22.4 Å². The largest absolute Gasteiger partial charge is 0.378 e. The van der Waals surface area contributed by atoms with E-state index in [9.17, 15) is 0 Å². The van der Waals surface area contributed by atoms with E-state index >= 15 is 0 Å². The third-order valence-electron chi connectivity index (χ3n) is 3.20. The van der Waals surface area contributed by atoms with Crippen molar-refractivity contribution in [2.45, 2.75) is 26.3 Å². The second-order valence-electron chi connectivity index (χ2n) is 4.88. The van der Waals surface area contributed by atoms with Crippen LogP contribution < -0.4 is 10.2 Å². The number of anilines is 1. The van der Waals surface area contributed by atoms with Crippen LogP contribution in [0.25, 0.3) is 6.08 Å². The third kappa shape index (κ3) is 4.64. The zero-order valence-corrected chi connectivity index (χ0v) is 12.7. The monoisotopic (exact) mass is 280 g/mol. The van der Waals surface area contributed by atoms with Crippen LogP contribution in [0.4, 0.5) is 5.00 Å². The zero-order chi connectivity index (χ0) is 13.5. The van der Waals surface area contributed by atoms with E-state index in [1.54, 1.807) is 0 Å². The fourth-order valence-electron chi connectivity index (χ4n) is 2.06. The van der Waals surface area contributed by atoms with E-state index < -0.39 is 0 Å². The molecular weight excluding hydrogens is 256 g/mol. The summed E-state index contributed by atoms with van der Waals surface area (Å²) >= 11 is 1.86. The standard InChI is InChI=1S/C15H24N2OS/c1-3-8-16-13(2)4-5-14-6-7-15(19-14)17-9-11-18-12-10-17/h4-7,13,16H,3,8-12H2,1-2H3/b5-4+. The maximum atomic E-state index is 5.39. The number of nitrogens with zero attached hydrogens (tertiary/aromatic N) is 1. The Morgan fingerprint density at radius 1 is 1.42 bits per heavy atom. The number of hydrogen-bond acceptors (Lipinski definition) is 4. The van der Waals surface area contributed by atoms with Crippen molar-refractivity contribution in [2.75, 3.05) is 37.7 Å². The van der Waals surface area contributed by atoms with E-state index in [-0.39, 0.29) is 0 Å². The van der Waals surface area contributed by atoms with Gasteiger partial charge in [0.15, 0.2) is 0 Å². The van der Waals surface area contributed by atoms with E-state index in [0.29, 0.717) is 6.04 Å². The van der Waals surface area contributed by atoms with Gasteiger partial charge in [0, 0.05) is 24.0 Å². The van der Waals surface area contributed by atoms with Crippen LogP contribution in [-0.4, -0.2) is 38.9 Å². The van der Waals surface area contributed by atoms with E-state index in [4.69, 9.17) is 4.74 Å². The lowest BCUT2D eigenvalue weighted by molar-refractivity contribution is 0.123. The summed E-state index contributed by atoms with van der Waals surface area (Å²) in [6.45, 7) is 9.19. The van der Waals surface area contributed by atoms with E-state index in [1.165, 1.54) is 16.3 Å². The summed E-state index contributed by atoms with van der Waals surface area (Å²) in [6, 6.07) is 4.87. The predicted octanol–water partition coefficient (Wildman–Crippen LogP) is 2.99. The Balaban J connectivity index is 1.87. The highest BCUT2D eigenvalue weighted by Crippen LogP contribution is 2.27. The maximum Gasteiger partial charge on any atom is 0.0916 e. The van der Waals surface area contributed by atoms with Gasteiger partial charge in [0.2, 0.25) is 0 Å². The van der Waals surface area contributed by atoms with Gasteiger partial charge < -0.3 is 15.0 Å². The first-order valence-electron chi connectivity index (χ1n) is 7.13. The molecule has 0 bridgehead atoms. The molecule has 1 fully saturated rings. The van der Waals surface area contributed by atoms with E-state index in [2.05, 4.69) is 48.3 Å². The van der Waals surface area contributed by atoms with Crippen LogP contribution in [0.15, 0.2) is 18.2 Å². The number of thiophene rings is 1. The predicted molar refractivity (Wildman–Crippen MR) is 84.1 cm³/mol. The van der Waals surface area contributed by atoms with Crippen LogP contribution in [0.3, 0.4) is 0 Å². The molecule has 1 aromatic heterocycles. The van der Waals surface area contributed by atoms with Gasteiger partial charge in [-0.1, -0.05) is 13.0 Å². The fraction of sp³-hybridized carbons (Fsp3) is 0.600. The fourth-order valence-corrected chi connectivity index (χ4v) is 3.04. The van der Waals surface area contributed by atoms with Gasteiger partial charge in [-0.25, -0.2) is 0 Å². The Morgan fingerprint density at radius 2 is 2.21 bits per heavy atom. The van der Waals surface area contributed by atoms with Crippen LogP contribution in [0.5, 0.6) is 0 Å². The minimum Gasteiger partial charge on any atom is -0.378 e. The number of nitrogens with one attached hydrogen (secondary N) is 1. The second-order valence-corrected chi connectivity index (χ2v) is 5.97. The SMILES string of the molecule is CCCNC(C)/C=C/c1ccc(N2CCOCC2)s1. The molecule has 1 unspecified atom stereocenters. The molecule has 0 saturated carbocycles. The first-order valence-corrected chi connectivity index (χ1v) is 7.95. The minimum absolute atomic E-state index is 0.439. The topological polar surface area (TPSA) is 24.5 Å². The van der Waals surface area contributed by atoms with Gasteiger partial charge >= 0.3 is 0 Å². The third-order valence-corrected chi connectivity index (χ3v) is 4.31. The zero-order valence-electron chi connectivity index (χ0n) is 11.9. The molecule has 1 aromatic rings. The van der Waals surface area contributed by atoms with E-state index in [1.807, 2.05) is 11.3 Å². The summed E-state index contributed by atoms with van der Waals surface area (Å²) in [5, 5.41) is 4.82. The van der Waals surface area contributed by atoms with Crippen molar-refractivity contribution in [1.29, 1.82) is 0 Å². The van der Waals surface area contributed by atoms with Gasteiger partial charge in [-0.2, -0.15) is 0 Å². The Morgan fingerprint density at radius 3 is 2.95 bits per heavy atom. The Bertz CT molecular complexity index is 397. The van der Waals surface area contributed by atoms with Crippen LogP contribution in [-0.2, 0) is 4.74 Å². The molecule has 3 nitrogen and oxygen atoms in total. The van der Waals surface area contributed by atoms with Crippen molar-refractivity contribution in [1.82, 2.24) is 5.32 Å². The lowest BCUT2D eigenvalue weighted by atomic mass is 10.3. The lowest BCUT2D eigenvalue weighted by Gasteiger charge is -2.27. The second kappa shape index (κ2) is 7.68. The molecule has 0 aliphatic carbocycles. The molecule has 2 heterocycles. The highest BCUT2D eigenvalue weighted by molar-refractivity contribution is 7.16. The number of ether oxygens (including phenoxy) is 1. The minimum atomic E-state index is 0.439. The van der Waals surface area contributed by atoms with Crippen molar-refractivity contribution in [3.05, 3.63) is 23.1 Å². The molecule has 2 rings (SSSR count). The van der Waals surface area contributed by atoms with Gasteiger partial charge in [-0.15, -0.1) is 11.3 Å². The van der Waals surface area contributed by atoms with Gasteiger partial charge in [0.25, 0.3) is 0 Å². The average Bonchev–Trinajstić information content (AvgIpc) is 2.93. The van der Waals surface area contributed by atoms with E-state index in [0.717, 1.165) is 32.8 Å². The molecule has 1 saturated heterocycles. The first kappa shape index (κ1) is 14.6. The number of morpholine rings is 1. The van der Waals surface area contributed by atoms with Gasteiger partial charge in [-0.05, 0) is 38.1 Å². The summed E-state index contributed by atoms with van der Waals surface area (Å²) < 4.78 is 5.39. The molecule has 19 heavy (non-hydrogen) atoms. The summed E-state index contributed by atoms with van der Waals surface area (Å²) in [5.41, 5.74) is 0. The normalized spacial score (nSPS) is 18.1. The Kier molecular flexibility index (Phi) is 5.89. The molecule has 0 amide bonds. The molecule has 1 aliphatic heterocycles. The molecule has 0 radical (unpaired) electrons. The van der Waals surface area contributed by atoms with Crippen LogP contribution >= 0.6 is 11.3 Å². The quantitative estimate of drug-likeness (QED) is 0.867. The molecule has 0 spiro atoms. The smallest absolute Gasteiger partial charge is 0.0916 e. The highest BCUT2D eigenvalue weighted by Gasteiger charge is 2.12. The van der Waals surface area contributed by atoms with Crippen LogP contribution in [0.2, 0.25) is 0 Å². The summed E-state index contributed by atoms with van der Waals surface area (Å²) in [5.74, 6) is 0. The first-order chi connectivity index (χ1) is 9.29. The number of rotatable bonds is 6. The van der Waals surface area contributed by atoms with Crippen LogP contribution in [0, 0.1) is 0 Å². The van der Waals surface area contributed by atoms with Crippen molar-refractivity contribution in [3.63, 3.8) is 0 Å². The van der Waals surface area contributed by atoms with Gasteiger partial charge in [-0.3, -0.25) is 0 Å². The molecule has 1 atom stereocenters. The van der Waals surface area contributed by atoms with Gasteiger partial charge in [0.1, 0.15) is 0 Å². The Labute approximate surface area is 120 Å². The van der Waals surface area contributed by atoms with Crippen LogP contribution in [0.1, 0.15) is 25.1 Å². The molecule has 106 valence electrons. The highest BCUT2D eigenvalue weighted by atomic mass is 32.1. The number of hydrogen-bond donors (Lipinski definition) is 1. The van der Waals surface area contributed by atoms with Gasteiger partial charge in [0.05, 0.1) is 18.2 Å². The summed E-state index contributed by atoms with van der Waals surface area (Å²) in [6.07, 6.45) is 5.64. The summed E-state index contributed by atoms with van der Waals surface area (Å²) in [7, 11) is 0. The molecular formula is C15H24N2OS. The summed E-state index contributed by atoms with van der Waals surface area (Å²) in [4.78, 5) is 3.73. The van der Waals surface area contributed by atoms with Crippen molar-refractivity contribution in [3.8, 4) is 0 Å². The van der Waals surface area contributed by atoms with Crippen molar-refractivity contribution < 1.29 is 4.74 Å². The lowest BCUT2D eigenvalue weighted by Crippen LogP contribution is -2.35. The molecule has 0 aromatic carbocycles.